The van der Waals surface area contributed by atoms with Gasteiger partial charge in [-0.15, -0.1) is 0 Å². The van der Waals surface area contributed by atoms with Crippen LogP contribution in [0.1, 0.15) is 25.7 Å². The van der Waals surface area contributed by atoms with Crippen molar-refractivity contribution < 1.29 is 9.13 Å². The minimum Gasteiger partial charge on any atom is -0.493 e. The molecule has 0 spiro atoms. The van der Waals surface area contributed by atoms with E-state index in [1.807, 2.05) is 0 Å². The quantitative estimate of drug-likeness (QED) is 0.536. The van der Waals surface area contributed by atoms with E-state index in [0.29, 0.717) is 12.4 Å². The van der Waals surface area contributed by atoms with Crippen LogP contribution in [0, 0.1) is 5.82 Å². The highest BCUT2D eigenvalue weighted by Gasteiger charge is 1.95. The Balaban J connectivity index is 2.10. The molecular formula is C12H16BrFO. The Morgan fingerprint density at radius 1 is 1.13 bits per heavy atom. The van der Waals surface area contributed by atoms with E-state index in [2.05, 4.69) is 15.9 Å². The van der Waals surface area contributed by atoms with E-state index in [9.17, 15) is 4.39 Å². The molecule has 0 amide bonds. The normalized spacial score (nSPS) is 10.3. The van der Waals surface area contributed by atoms with Crippen LogP contribution >= 0.6 is 15.9 Å². The highest BCUT2D eigenvalue weighted by molar-refractivity contribution is 9.09. The fourth-order valence-corrected chi connectivity index (χ4v) is 1.69. The van der Waals surface area contributed by atoms with Crippen molar-refractivity contribution in [2.45, 2.75) is 25.7 Å². The van der Waals surface area contributed by atoms with Crippen molar-refractivity contribution in [1.29, 1.82) is 0 Å². The average Bonchev–Trinajstić information content (AvgIpc) is 2.23. The molecule has 0 fully saturated rings. The smallest absolute Gasteiger partial charge is 0.126 e. The standard InChI is InChI=1S/C12H16BrFO/c13-8-3-1-2-4-9-15-12-7-5-6-11(14)10-12/h5-7,10H,1-4,8-9H2. The first-order valence-corrected chi connectivity index (χ1v) is 6.39. The summed E-state index contributed by atoms with van der Waals surface area (Å²) in [4.78, 5) is 0. The van der Waals surface area contributed by atoms with Crippen molar-refractivity contribution in [3.8, 4) is 5.75 Å². The average molecular weight is 275 g/mol. The van der Waals surface area contributed by atoms with E-state index in [1.54, 1.807) is 12.1 Å². The van der Waals surface area contributed by atoms with Gasteiger partial charge in [-0.2, -0.15) is 0 Å². The van der Waals surface area contributed by atoms with Gasteiger partial charge in [0.2, 0.25) is 0 Å². The first-order chi connectivity index (χ1) is 7.33. The molecule has 0 heterocycles. The van der Waals surface area contributed by atoms with Gasteiger partial charge in [0.05, 0.1) is 6.61 Å². The van der Waals surface area contributed by atoms with Gasteiger partial charge in [-0.05, 0) is 25.0 Å². The molecule has 0 saturated heterocycles. The lowest BCUT2D eigenvalue weighted by atomic mass is 10.2. The third-order valence-electron chi connectivity index (χ3n) is 2.09. The van der Waals surface area contributed by atoms with Gasteiger partial charge >= 0.3 is 0 Å². The third-order valence-corrected chi connectivity index (χ3v) is 2.65. The highest BCUT2D eigenvalue weighted by atomic mass is 79.9. The van der Waals surface area contributed by atoms with Crippen LogP contribution in [0.25, 0.3) is 0 Å². The molecule has 0 radical (unpaired) electrons. The Labute approximate surface area is 98.8 Å². The van der Waals surface area contributed by atoms with Crippen molar-refractivity contribution in [2.24, 2.45) is 0 Å². The van der Waals surface area contributed by atoms with Crippen LogP contribution < -0.4 is 4.74 Å². The molecule has 1 rings (SSSR count). The Kier molecular flexibility index (Phi) is 6.41. The highest BCUT2D eigenvalue weighted by Crippen LogP contribution is 2.12. The monoisotopic (exact) mass is 274 g/mol. The molecule has 3 heteroatoms. The lowest BCUT2D eigenvalue weighted by Gasteiger charge is -2.05. The van der Waals surface area contributed by atoms with Gasteiger partial charge < -0.3 is 4.74 Å². The molecule has 0 unspecified atom stereocenters. The zero-order valence-corrected chi connectivity index (χ0v) is 10.3. The van der Waals surface area contributed by atoms with Crippen LogP contribution in [-0.4, -0.2) is 11.9 Å². The van der Waals surface area contributed by atoms with Crippen molar-refractivity contribution >= 4 is 15.9 Å². The zero-order valence-electron chi connectivity index (χ0n) is 8.72. The summed E-state index contributed by atoms with van der Waals surface area (Å²) in [5.41, 5.74) is 0. The van der Waals surface area contributed by atoms with Gasteiger partial charge in [0.1, 0.15) is 11.6 Å². The molecule has 1 aromatic rings. The summed E-state index contributed by atoms with van der Waals surface area (Å²) < 4.78 is 18.2. The van der Waals surface area contributed by atoms with E-state index in [-0.39, 0.29) is 5.82 Å². The third kappa shape index (κ3) is 5.78. The summed E-state index contributed by atoms with van der Waals surface area (Å²) in [7, 11) is 0. The summed E-state index contributed by atoms with van der Waals surface area (Å²) in [6.45, 7) is 0.672. The Hall–Kier alpha value is -0.570. The van der Waals surface area contributed by atoms with Gasteiger partial charge in [0.15, 0.2) is 0 Å². The van der Waals surface area contributed by atoms with Crippen LogP contribution in [0.4, 0.5) is 4.39 Å². The van der Waals surface area contributed by atoms with Crippen LogP contribution in [0.3, 0.4) is 0 Å². The maximum Gasteiger partial charge on any atom is 0.126 e. The van der Waals surface area contributed by atoms with E-state index < -0.39 is 0 Å². The summed E-state index contributed by atoms with van der Waals surface area (Å²) in [6, 6.07) is 6.28. The van der Waals surface area contributed by atoms with E-state index in [1.165, 1.54) is 31.4 Å². The van der Waals surface area contributed by atoms with Gasteiger partial charge in [-0.25, -0.2) is 4.39 Å². The number of hydrogen-bond donors (Lipinski definition) is 0. The van der Waals surface area contributed by atoms with Crippen molar-refractivity contribution in [3.05, 3.63) is 30.1 Å². The van der Waals surface area contributed by atoms with Crippen molar-refractivity contribution in [2.75, 3.05) is 11.9 Å². The molecule has 0 aliphatic rings. The lowest BCUT2D eigenvalue weighted by molar-refractivity contribution is 0.303. The molecule has 0 bridgehead atoms. The second-order valence-corrected chi connectivity index (χ2v) is 4.20. The SMILES string of the molecule is Fc1cccc(OCCCCCCBr)c1. The predicted octanol–water partition coefficient (Wildman–Crippen LogP) is 4.16. The second kappa shape index (κ2) is 7.69. The molecule has 0 aliphatic carbocycles. The number of ether oxygens (including phenoxy) is 1. The molecule has 0 aromatic heterocycles. The minimum atomic E-state index is -0.244. The fourth-order valence-electron chi connectivity index (χ4n) is 1.30. The largest absolute Gasteiger partial charge is 0.493 e. The number of alkyl halides is 1. The summed E-state index contributed by atoms with van der Waals surface area (Å²) in [6.07, 6.45) is 4.63. The van der Waals surface area contributed by atoms with Crippen molar-refractivity contribution in [1.82, 2.24) is 0 Å². The molecule has 0 aliphatic heterocycles. The number of rotatable bonds is 7. The maximum atomic E-state index is 12.8. The van der Waals surface area contributed by atoms with E-state index in [0.717, 1.165) is 11.8 Å². The van der Waals surface area contributed by atoms with Crippen LogP contribution in [0.2, 0.25) is 0 Å². The first-order valence-electron chi connectivity index (χ1n) is 5.27. The number of unbranched alkanes of at least 4 members (excludes halogenated alkanes) is 3. The maximum absolute atomic E-state index is 12.8. The minimum absolute atomic E-state index is 0.244. The number of benzene rings is 1. The van der Waals surface area contributed by atoms with Crippen LogP contribution in [-0.2, 0) is 0 Å². The molecule has 1 nitrogen and oxygen atoms in total. The molecule has 0 atom stereocenters. The molecule has 84 valence electrons. The Morgan fingerprint density at radius 3 is 2.67 bits per heavy atom. The first kappa shape index (κ1) is 12.5. The zero-order chi connectivity index (χ0) is 10.9. The molecular weight excluding hydrogens is 259 g/mol. The topological polar surface area (TPSA) is 9.23 Å². The Morgan fingerprint density at radius 2 is 1.93 bits per heavy atom. The summed E-state index contributed by atoms with van der Waals surface area (Å²) in [5, 5.41) is 1.07. The summed E-state index contributed by atoms with van der Waals surface area (Å²) >= 11 is 3.39. The molecule has 15 heavy (non-hydrogen) atoms. The van der Waals surface area contributed by atoms with Crippen LogP contribution in [0.5, 0.6) is 5.75 Å². The van der Waals surface area contributed by atoms with Crippen molar-refractivity contribution in [3.63, 3.8) is 0 Å². The van der Waals surface area contributed by atoms with Gasteiger partial charge in [-0.3, -0.25) is 0 Å². The fraction of sp³-hybridized carbons (Fsp3) is 0.500. The number of halogens is 2. The molecule has 0 N–H and O–H groups in total. The second-order valence-electron chi connectivity index (χ2n) is 3.41. The van der Waals surface area contributed by atoms with Gasteiger partial charge in [0, 0.05) is 11.4 Å². The van der Waals surface area contributed by atoms with Gasteiger partial charge in [-0.1, -0.05) is 34.8 Å². The van der Waals surface area contributed by atoms with Gasteiger partial charge in [0.25, 0.3) is 0 Å². The Bertz CT molecular complexity index is 278. The van der Waals surface area contributed by atoms with E-state index >= 15 is 0 Å². The van der Waals surface area contributed by atoms with E-state index in [4.69, 9.17) is 4.74 Å². The predicted molar refractivity (Wildman–Crippen MR) is 64.2 cm³/mol. The molecule has 0 saturated carbocycles. The summed E-state index contributed by atoms with van der Waals surface area (Å²) in [5.74, 6) is 0.377. The molecule has 1 aromatic carbocycles. The van der Waals surface area contributed by atoms with Crippen LogP contribution in [0.15, 0.2) is 24.3 Å². The lowest BCUT2D eigenvalue weighted by Crippen LogP contribution is -1.97. The number of hydrogen-bond acceptors (Lipinski definition) is 1.